The Kier molecular flexibility index (Phi) is 3.56. The number of thiazole rings is 1. The molecule has 126 valence electrons. The number of piperidine rings is 1. The Morgan fingerprint density at radius 3 is 3.00 bits per heavy atom. The molecule has 0 amide bonds. The molecule has 2 atom stereocenters. The Morgan fingerprint density at radius 2 is 2.29 bits per heavy atom. The van der Waals surface area contributed by atoms with Crippen molar-refractivity contribution in [2.24, 2.45) is 5.92 Å². The van der Waals surface area contributed by atoms with Gasteiger partial charge >= 0.3 is 5.82 Å². The Labute approximate surface area is 142 Å². The molecule has 0 saturated carbocycles. The van der Waals surface area contributed by atoms with Crippen LogP contribution in [0, 0.1) is 23.0 Å². The molecular weight excluding hydrogens is 328 g/mol. The van der Waals surface area contributed by atoms with Crippen LogP contribution in [0.3, 0.4) is 0 Å². The van der Waals surface area contributed by atoms with Crippen molar-refractivity contribution in [2.75, 3.05) is 11.4 Å². The standard InChI is InChI=1S/C16H18N4O3S/c1-10-5-6-18(12(9-10)13-4-3-11(2)23-13)14-15(20(21)22)19-7-8-24-16(19)17-14/h3-4,7-8,10,12H,5-6,9H2,1-2H3. The van der Waals surface area contributed by atoms with Crippen molar-refractivity contribution in [1.29, 1.82) is 0 Å². The van der Waals surface area contributed by atoms with Crippen LogP contribution >= 0.6 is 11.3 Å². The summed E-state index contributed by atoms with van der Waals surface area (Å²) in [6, 6.07) is 3.88. The lowest BCUT2D eigenvalue weighted by Gasteiger charge is -2.37. The van der Waals surface area contributed by atoms with Gasteiger partial charge < -0.3 is 19.4 Å². The van der Waals surface area contributed by atoms with Crippen molar-refractivity contribution in [2.45, 2.75) is 32.7 Å². The van der Waals surface area contributed by atoms with E-state index in [1.54, 1.807) is 10.6 Å². The van der Waals surface area contributed by atoms with E-state index in [9.17, 15) is 10.1 Å². The lowest BCUT2D eigenvalue weighted by atomic mass is 9.91. The molecule has 3 aromatic rings. The van der Waals surface area contributed by atoms with Crippen LogP contribution in [0.2, 0.25) is 0 Å². The van der Waals surface area contributed by atoms with E-state index in [4.69, 9.17) is 4.42 Å². The number of furan rings is 1. The fourth-order valence-corrected chi connectivity index (χ4v) is 4.13. The molecule has 8 heteroatoms. The maximum Gasteiger partial charge on any atom is 0.373 e. The zero-order valence-electron chi connectivity index (χ0n) is 13.5. The minimum Gasteiger partial charge on any atom is -0.464 e. The number of imidazole rings is 1. The molecule has 0 radical (unpaired) electrons. The minimum absolute atomic E-state index is 0.0224. The monoisotopic (exact) mass is 346 g/mol. The first-order valence-corrected chi connectivity index (χ1v) is 8.85. The van der Waals surface area contributed by atoms with Crippen molar-refractivity contribution in [3.63, 3.8) is 0 Å². The van der Waals surface area contributed by atoms with Crippen molar-refractivity contribution in [3.8, 4) is 0 Å². The van der Waals surface area contributed by atoms with Gasteiger partial charge in [-0.2, -0.15) is 9.38 Å². The average molecular weight is 346 g/mol. The molecule has 0 aromatic carbocycles. The Hall–Kier alpha value is -2.35. The summed E-state index contributed by atoms with van der Waals surface area (Å²) in [5, 5.41) is 13.5. The van der Waals surface area contributed by atoms with Gasteiger partial charge in [0.2, 0.25) is 5.82 Å². The number of fused-ring (bicyclic) bond motifs is 1. The number of nitrogens with zero attached hydrogens (tertiary/aromatic N) is 4. The first-order chi connectivity index (χ1) is 11.5. The van der Waals surface area contributed by atoms with Crippen LogP contribution in [0.25, 0.3) is 4.96 Å². The second-order valence-corrected chi connectivity index (χ2v) is 7.23. The van der Waals surface area contributed by atoms with Gasteiger partial charge in [-0.25, -0.2) is 0 Å². The topological polar surface area (TPSA) is 76.8 Å². The van der Waals surface area contributed by atoms with Crippen molar-refractivity contribution < 1.29 is 9.34 Å². The number of rotatable bonds is 3. The van der Waals surface area contributed by atoms with Gasteiger partial charge in [0.25, 0.3) is 4.96 Å². The van der Waals surface area contributed by atoms with E-state index in [1.165, 1.54) is 11.3 Å². The lowest BCUT2D eigenvalue weighted by Crippen LogP contribution is -2.36. The molecule has 1 aliphatic rings. The second kappa shape index (κ2) is 5.62. The van der Waals surface area contributed by atoms with Crippen molar-refractivity contribution in [3.05, 3.63) is 45.3 Å². The quantitative estimate of drug-likeness (QED) is 0.525. The normalized spacial score (nSPS) is 21.5. The predicted octanol–water partition coefficient (Wildman–Crippen LogP) is 4.18. The molecule has 1 aliphatic heterocycles. The fourth-order valence-electron chi connectivity index (χ4n) is 3.42. The van der Waals surface area contributed by atoms with Gasteiger partial charge in [0.1, 0.15) is 17.7 Å². The maximum absolute atomic E-state index is 11.6. The highest BCUT2D eigenvalue weighted by atomic mass is 32.1. The molecule has 0 N–H and O–H groups in total. The third-order valence-electron chi connectivity index (χ3n) is 4.62. The van der Waals surface area contributed by atoms with Gasteiger partial charge in [-0.1, -0.05) is 18.3 Å². The molecule has 24 heavy (non-hydrogen) atoms. The number of anilines is 1. The highest BCUT2D eigenvalue weighted by Crippen LogP contribution is 2.41. The van der Waals surface area contributed by atoms with E-state index < -0.39 is 0 Å². The van der Waals surface area contributed by atoms with Crippen LogP contribution in [0.5, 0.6) is 0 Å². The molecule has 2 unspecified atom stereocenters. The van der Waals surface area contributed by atoms with E-state index in [2.05, 4.69) is 11.9 Å². The largest absolute Gasteiger partial charge is 0.464 e. The highest BCUT2D eigenvalue weighted by molar-refractivity contribution is 7.15. The number of aryl methyl sites for hydroxylation is 1. The summed E-state index contributed by atoms with van der Waals surface area (Å²) in [5.74, 6) is 2.72. The van der Waals surface area contributed by atoms with Crippen LogP contribution in [0.1, 0.15) is 37.3 Å². The molecule has 1 saturated heterocycles. The zero-order valence-corrected chi connectivity index (χ0v) is 14.3. The zero-order chi connectivity index (χ0) is 16.8. The molecule has 0 spiro atoms. The number of aromatic nitrogens is 2. The third-order valence-corrected chi connectivity index (χ3v) is 5.38. The van der Waals surface area contributed by atoms with E-state index in [0.717, 1.165) is 30.9 Å². The second-order valence-electron chi connectivity index (χ2n) is 6.36. The third kappa shape index (κ3) is 2.37. The molecule has 7 nitrogen and oxygen atoms in total. The molecule has 0 aliphatic carbocycles. The number of nitro groups is 1. The summed E-state index contributed by atoms with van der Waals surface area (Å²) in [4.78, 5) is 18.5. The van der Waals surface area contributed by atoms with Gasteiger partial charge in [-0.15, -0.1) is 0 Å². The van der Waals surface area contributed by atoms with Gasteiger partial charge in [0, 0.05) is 11.9 Å². The first-order valence-electron chi connectivity index (χ1n) is 7.97. The van der Waals surface area contributed by atoms with Crippen LogP contribution < -0.4 is 4.90 Å². The van der Waals surface area contributed by atoms with Gasteiger partial charge in [-0.05, 0) is 42.7 Å². The summed E-state index contributed by atoms with van der Waals surface area (Å²) < 4.78 is 7.39. The minimum atomic E-state index is -0.343. The van der Waals surface area contributed by atoms with Gasteiger partial charge in [0.05, 0.1) is 6.04 Å². The Morgan fingerprint density at radius 1 is 1.46 bits per heavy atom. The SMILES string of the molecule is Cc1ccc(C2CC(C)CCN2c2nc3sccn3c2[N+](=O)[O-])o1. The number of hydrogen-bond acceptors (Lipinski definition) is 6. The van der Waals surface area contributed by atoms with E-state index in [1.807, 2.05) is 29.3 Å². The summed E-state index contributed by atoms with van der Waals surface area (Å²) in [6.07, 6.45) is 3.58. The molecule has 1 fully saturated rings. The molecule has 4 rings (SSSR count). The van der Waals surface area contributed by atoms with Crippen LogP contribution in [-0.4, -0.2) is 20.9 Å². The summed E-state index contributed by atoms with van der Waals surface area (Å²) in [7, 11) is 0. The van der Waals surface area contributed by atoms with E-state index in [-0.39, 0.29) is 16.8 Å². The van der Waals surface area contributed by atoms with Crippen molar-refractivity contribution in [1.82, 2.24) is 9.38 Å². The molecule has 4 heterocycles. The summed E-state index contributed by atoms with van der Waals surface area (Å²) in [6.45, 7) is 4.85. The summed E-state index contributed by atoms with van der Waals surface area (Å²) in [5.41, 5.74) is 0. The van der Waals surface area contributed by atoms with Gasteiger partial charge in [0.15, 0.2) is 0 Å². The average Bonchev–Trinajstić information content (AvgIpc) is 3.21. The maximum atomic E-state index is 11.6. The Bertz CT molecular complexity index is 896. The number of hydrogen-bond donors (Lipinski definition) is 0. The summed E-state index contributed by atoms with van der Waals surface area (Å²) >= 11 is 1.40. The van der Waals surface area contributed by atoms with Crippen LogP contribution in [0.4, 0.5) is 11.6 Å². The smallest absolute Gasteiger partial charge is 0.373 e. The predicted molar refractivity (Wildman–Crippen MR) is 91.7 cm³/mol. The Balaban J connectivity index is 1.82. The van der Waals surface area contributed by atoms with Gasteiger partial charge in [-0.3, -0.25) is 0 Å². The molecular formula is C16H18N4O3S. The first kappa shape index (κ1) is 15.2. The van der Waals surface area contributed by atoms with Crippen molar-refractivity contribution >= 4 is 27.9 Å². The highest BCUT2D eigenvalue weighted by Gasteiger charge is 2.36. The molecule has 3 aromatic heterocycles. The van der Waals surface area contributed by atoms with E-state index >= 15 is 0 Å². The lowest BCUT2D eigenvalue weighted by molar-refractivity contribution is -0.389. The van der Waals surface area contributed by atoms with Crippen LogP contribution in [0.15, 0.2) is 28.1 Å². The van der Waals surface area contributed by atoms with E-state index in [0.29, 0.717) is 16.7 Å². The fraction of sp³-hybridized carbons (Fsp3) is 0.438. The van der Waals surface area contributed by atoms with Crippen LogP contribution in [-0.2, 0) is 0 Å². The molecule has 0 bridgehead atoms.